The lowest BCUT2D eigenvalue weighted by atomic mass is 10.1. The quantitative estimate of drug-likeness (QED) is 0.399. The molecule has 0 aliphatic rings. The zero-order valence-electron chi connectivity index (χ0n) is 14.6. The van der Waals surface area contributed by atoms with Crippen LogP contribution in [0.5, 0.6) is 0 Å². The van der Waals surface area contributed by atoms with Crippen LogP contribution in [0.15, 0.2) is 48.5 Å². The minimum Gasteiger partial charge on any atom is -0.298 e. The van der Waals surface area contributed by atoms with Crippen LogP contribution in [0.1, 0.15) is 32.5 Å². The third-order valence-corrected chi connectivity index (χ3v) is 5.03. The molecule has 0 atom stereocenters. The maximum atomic E-state index is 12.6. The summed E-state index contributed by atoms with van der Waals surface area (Å²) in [7, 11) is 0. The molecule has 0 saturated carbocycles. The van der Waals surface area contributed by atoms with Crippen molar-refractivity contribution in [2.75, 3.05) is 5.32 Å². The summed E-state index contributed by atoms with van der Waals surface area (Å²) < 4.78 is 0. The van der Waals surface area contributed by atoms with Gasteiger partial charge in [-0.25, -0.2) is 4.98 Å². The predicted octanol–water partition coefficient (Wildman–Crippen LogP) is 4.48. The molecule has 7 nitrogen and oxygen atoms in total. The Kier molecular flexibility index (Phi) is 5.09. The number of aromatic nitrogens is 1. The fraction of sp³-hybridized carbons (Fsp3) is 0.105. The van der Waals surface area contributed by atoms with Crippen molar-refractivity contribution in [3.8, 4) is 11.3 Å². The van der Waals surface area contributed by atoms with Gasteiger partial charge in [-0.05, 0) is 13.0 Å². The van der Waals surface area contributed by atoms with Crippen LogP contribution in [-0.2, 0) is 0 Å². The first kappa shape index (κ1) is 18.4. The van der Waals surface area contributed by atoms with Crippen molar-refractivity contribution in [3.63, 3.8) is 0 Å². The van der Waals surface area contributed by atoms with Gasteiger partial charge in [0, 0.05) is 29.7 Å². The predicted molar refractivity (Wildman–Crippen MR) is 103 cm³/mol. The van der Waals surface area contributed by atoms with E-state index in [1.807, 2.05) is 30.3 Å². The number of hydrogen-bond acceptors (Lipinski definition) is 6. The molecule has 2 aromatic carbocycles. The van der Waals surface area contributed by atoms with Crippen molar-refractivity contribution in [3.05, 3.63) is 74.6 Å². The number of rotatable bonds is 5. The molecule has 0 aliphatic heterocycles. The molecule has 1 heterocycles. The van der Waals surface area contributed by atoms with Gasteiger partial charge < -0.3 is 0 Å². The highest BCUT2D eigenvalue weighted by atomic mass is 32.1. The topological polar surface area (TPSA) is 102 Å². The Bertz CT molecular complexity index is 1040. The van der Waals surface area contributed by atoms with Gasteiger partial charge in [0.1, 0.15) is 0 Å². The third kappa shape index (κ3) is 3.75. The number of nitrogens with one attached hydrogen (secondary N) is 1. The number of carbonyl (C=O) groups is 2. The number of thiazole rings is 1. The Morgan fingerprint density at radius 1 is 1.11 bits per heavy atom. The smallest absolute Gasteiger partial charge is 0.273 e. The lowest BCUT2D eigenvalue weighted by Crippen LogP contribution is -2.14. The standard InChI is InChI=1S/C19H15N3O4S/c1-11-14(9-6-10-15(11)22(25)26)18(24)21-19-20-16(17(27-19)12(2)23)13-7-4-3-5-8-13/h3-10H,1-2H3,(H,20,21,24). The van der Waals surface area contributed by atoms with Crippen molar-refractivity contribution in [2.24, 2.45) is 0 Å². The summed E-state index contributed by atoms with van der Waals surface area (Å²) in [5.74, 6) is -0.668. The van der Waals surface area contributed by atoms with Crippen molar-refractivity contribution in [1.82, 2.24) is 4.98 Å². The first-order valence-corrected chi connectivity index (χ1v) is 8.82. The second-order valence-corrected chi connectivity index (χ2v) is 6.78. The monoisotopic (exact) mass is 381 g/mol. The molecule has 3 rings (SSSR count). The fourth-order valence-corrected chi connectivity index (χ4v) is 3.51. The Labute approximate surface area is 158 Å². The van der Waals surface area contributed by atoms with Crippen LogP contribution < -0.4 is 5.32 Å². The van der Waals surface area contributed by atoms with Gasteiger partial charge in [-0.3, -0.25) is 25.0 Å². The largest absolute Gasteiger partial charge is 0.298 e. The zero-order valence-corrected chi connectivity index (χ0v) is 15.4. The molecule has 136 valence electrons. The first-order valence-electron chi connectivity index (χ1n) is 8.01. The van der Waals surface area contributed by atoms with Gasteiger partial charge in [0.15, 0.2) is 10.9 Å². The highest BCUT2D eigenvalue weighted by Gasteiger charge is 2.21. The second-order valence-electron chi connectivity index (χ2n) is 5.78. The highest BCUT2D eigenvalue weighted by Crippen LogP contribution is 2.32. The Morgan fingerprint density at radius 3 is 2.44 bits per heavy atom. The fourth-order valence-electron chi connectivity index (χ4n) is 2.64. The zero-order chi connectivity index (χ0) is 19.6. The maximum Gasteiger partial charge on any atom is 0.273 e. The number of Topliss-reactive ketones (excluding diaryl/α,β-unsaturated/α-hetero) is 1. The second kappa shape index (κ2) is 7.46. The van der Waals surface area contributed by atoms with E-state index in [2.05, 4.69) is 10.3 Å². The minimum absolute atomic E-state index is 0.129. The molecule has 0 fully saturated rings. The van der Waals surface area contributed by atoms with Crippen LogP contribution in [0.4, 0.5) is 10.8 Å². The summed E-state index contributed by atoms with van der Waals surface area (Å²) in [6.45, 7) is 2.96. The average Bonchev–Trinajstić information content (AvgIpc) is 3.06. The number of carbonyl (C=O) groups excluding carboxylic acids is 2. The molecule has 1 N–H and O–H groups in total. The van der Waals surface area contributed by atoms with E-state index in [1.165, 1.54) is 32.0 Å². The molecule has 0 bridgehead atoms. The van der Waals surface area contributed by atoms with Gasteiger partial charge in [0.25, 0.3) is 11.6 Å². The molecule has 27 heavy (non-hydrogen) atoms. The number of amides is 1. The lowest BCUT2D eigenvalue weighted by molar-refractivity contribution is -0.385. The van der Waals surface area contributed by atoms with Crippen LogP contribution in [0.2, 0.25) is 0 Å². The lowest BCUT2D eigenvalue weighted by Gasteiger charge is -2.05. The van der Waals surface area contributed by atoms with Crippen molar-refractivity contribution in [1.29, 1.82) is 0 Å². The van der Waals surface area contributed by atoms with Gasteiger partial charge in [-0.1, -0.05) is 47.7 Å². The molecule has 0 radical (unpaired) electrons. The van der Waals surface area contributed by atoms with Crippen LogP contribution in [0.25, 0.3) is 11.3 Å². The van der Waals surface area contributed by atoms with E-state index in [4.69, 9.17) is 0 Å². The summed E-state index contributed by atoms with van der Waals surface area (Å²) >= 11 is 1.08. The molecule has 1 amide bonds. The molecule has 3 aromatic rings. The van der Waals surface area contributed by atoms with E-state index >= 15 is 0 Å². The molecular weight excluding hydrogens is 366 g/mol. The van der Waals surface area contributed by atoms with Gasteiger partial charge >= 0.3 is 0 Å². The maximum absolute atomic E-state index is 12.6. The normalized spacial score (nSPS) is 10.4. The van der Waals surface area contributed by atoms with E-state index in [1.54, 1.807) is 0 Å². The van der Waals surface area contributed by atoms with Crippen LogP contribution >= 0.6 is 11.3 Å². The summed E-state index contributed by atoms with van der Waals surface area (Å²) in [4.78, 5) is 39.9. The first-order chi connectivity index (χ1) is 12.9. The Balaban J connectivity index is 1.95. The molecule has 0 unspecified atom stereocenters. The van der Waals surface area contributed by atoms with Crippen LogP contribution in [-0.4, -0.2) is 21.6 Å². The Hall–Kier alpha value is -3.39. The number of benzene rings is 2. The van der Waals surface area contributed by atoms with Gasteiger partial charge in [-0.2, -0.15) is 0 Å². The summed E-state index contributed by atoms with van der Waals surface area (Å²) in [6, 6.07) is 13.5. The SMILES string of the molecule is CC(=O)c1sc(NC(=O)c2cccc([N+](=O)[O-])c2C)nc1-c1ccccc1. The molecule has 0 saturated heterocycles. The number of nitro groups is 1. The third-order valence-electron chi connectivity index (χ3n) is 3.96. The van der Waals surface area contributed by atoms with E-state index in [9.17, 15) is 19.7 Å². The van der Waals surface area contributed by atoms with Crippen LogP contribution in [0, 0.1) is 17.0 Å². The molecule has 1 aromatic heterocycles. The van der Waals surface area contributed by atoms with Gasteiger partial charge in [-0.15, -0.1) is 0 Å². The van der Waals surface area contributed by atoms with Crippen molar-refractivity contribution in [2.45, 2.75) is 13.8 Å². The van der Waals surface area contributed by atoms with Crippen LogP contribution in [0.3, 0.4) is 0 Å². The average molecular weight is 381 g/mol. The number of anilines is 1. The van der Waals surface area contributed by atoms with Crippen molar-refractivity contribution < 1.29 is 14.5 Å². The number of hydrogen-bond donors (Lipinski definition) is 1. The number of nitro benzene ring substituents is 1. The highest BCUT2D eigenvalue weighted by molar-refractivity contribution is 7.18. The summed E-state index contributed by atoms with van der Waals surface area (Å²) in [5, 5.41) is 14.0. The van der Waals surface area contributed by atoms with Crippen molar-refractivity contribution >= 4 is 33.8 Å². The van der Waals surface area contributed by atoms with E-state index in [0.717, 1.165) is 16.9 Å². The molecule has 8 heteroatoms. The Morgan fingerprint density at radius 2 is 1.81 bits per heavy atom. The number of ketones is 1. The molecular formula is C19H15N3O4S. The summed E-state index contributed by atoms with van der Waals surface area (Å²) in [5.41, 5.74) is 1.60. The molecule has 0 aliphatic carbocycles. The molecule has 0 spiro atoms. The van der Waals surface area contributed by atoms with E-state index in [0.29, 0.717) is 10.6 Å². The van der Waals surface area contributed by atoms with Gasteiger partial charge in [0.05, 0.1) is 15.5 Å². The van der Waals surface area contributed by atoms with E-state index < -0.39 is 10.8 Å². The summed E-state index contributed by atoms with van der Waals surface area (Å²) in [6.07, 6.45) is 0. The van der Waals surface area contributed by atoms with E-state index in [-0.39, 0.29) is 27.7 Å². The minimum atomic E-state index is -0.531. The van der Waals surface area contributed by atoms with Gasteiger partial charge in [0.2, 0.25) is 0 Å². The number of nitrogens with zero attached hydrogens (tertiary/aromatic N) is 2.